The van der Waals surface area contributed by atoms with Crippen LogP contribution < -0.4 is 0 Å². The number of sulfone groups is 1. The summed E-state index contributed by atoms with van der Waals surface area (Å²) in [6.45, 7) is 6.72. The molecule has 0 radical (unpaired) electrons. The van der Waals surface area contributed by atoms with Gasteiger partial charge in [0.05, 0.1) is 16.9 Å². The highest BCUT2D eigenvalue weighted by molar-refractivity contribution is 7.92. The Bertz CT molecular complexity index is 639. The maximum Gasteiger partial charge on any atom is 0.410 e. The number of amides is 2. The van der Waals surface area contributed by atoms with Crippen LogP contribution in [-0.4, -0.2) is 72.5 Å². The maximum atomic E-state index is 12.8. The van der Waals surface area contributed by atoms with Crippen LogP contribution in [0.25, 0.3) is 0 Å². The van der Waals surface area contributed by atoms with E-state index in [1.807, 2.05) is 20.8 Å². The van der Waals surface area contributed by atoms with Crippen LogP contribution >= 0.6 is 0 Å². The van der Waals surface area contributed by atoms with Gasteiger partial charge in [-0.1, -0.05) is 0 Å². The molecule has 3 aliphatic rings. The smallest absolute Gasteiger partial charge is 0.410 e. The number of carbonyl (C=O) groups excluding carboxylic acids is 2. The van der Waals surface area contributed by atoms with Crippen molar-refractivity contribution in [1.82, 2.24) is 9.80 Å². The predicted octanol–water partition coefficient (Wildman–Crippen LogP) is 1.03. The van der Waals surface area contributed by atoms with Gasteiger partial charge in [0, 0.05) is 25.7 Å². The Morgan fingerprint density at radius 2 is 1.88 bits per heavy atom. The standard InChI is InChI=1S/C16H26N2O5S/c1-16(2,3)23-15(20)17-6-4-5-11(8-17)14(19)18-9-13-7-12(18)10-24(13,21)22/h11-13H,4-10H2,1-3H3. The van der Waals surface area contributed by atoms with Crippen molar-refractivity contribution in [3.63, 3.8) is 0 Å². The van der Waals surface area contributed by atoms with E-state index in [1.54, 1.807) is 9.80 Å². The van der Waals surface area contributed by atoms with Gasteiger partial charge < -0.3 is 14.5 Å². The molecule has 2 bridgehead atoms. The van der Waals surface area contributed by atoms with Gasteiger partial charge in [0.2, 0.25) is 5.91 Å². The summed E-state index contributed by atoms with van der Waals surface area (Å²) in [5, 5.41) is -0.392. The van der Waals surface area contributed by atoms with E-state index in [0.717, 1.165) is 12.8 Å². The van der Waals surface area contributed by atoms with Crippen LogP contribution in [0.4, 0.5) is 4.79 Å². The van der Waals surface area contributed by atoms with Crippen molar-refractivity contribution in [3.8, 4) is 0 Å². The minimum absolute atomic E-state index is 0.00865. The first-order valence-corrected chi connectivity index (χ1v) is 10.3. The molecule has 3 atom stereocenters. The highest BCUT2D eigenvalue weighted by Gasteiger charge is 2.51. The van der Waals surface area contributed by atoms with Crippen molar-refractivity contribution in [2.45, 2.75) is 56.9 Å². The summed E-state index contributed by atoms with van der Waals surface area (Å²) in [7, 11) is -3.01. The SMILES string of the molecule is CC(C)(C)OC(=O)N1CCCC(C(=O)N2CC3CC2CS3(=O)=O)C1. The molecular weight excluding hydrogens is 332 g/mol. The number of likely N-dealkylation sites (tertiary alicyclic amines) is 2. The molecule has 0 N–H and O–H groups in total. The van der Waals surface area contributed by atoms with Crippen LogP contribution in [0.1, 0.15) is 40.0 Å². The van der Waals surface area contributed by atoms with Crippen molar-refractivity contribution < 1.29 is 22.7 Å². The minimum atomic E-state index is -3.01. The summed E-state index contributed by atoms with van der Waals surface area (Å²) < 4.78 is 29.1. The third-order valence-electron chi connectivity index (χ3n) is 5.01. The van der Waals surface area contributed by atoms with Crippen LogP contribution in [0, 0.1) is 5.92 Å². The second-order valence-electron chi connectivity index (χ2n) is 8.10. The van der Waals surface area contributed by atoms with Crippen molar-refractivity contribution in [3.05, 3.63) is 0 Å². The molecule has 7 nitrogen and oxygen atoms in total. The number of ether oxygens (including phenoxy) is 1. The molecule has 136 valence electrons. The molecule has 3 rings (SSSR count). The molecule has 0 aromatic rings. The van der Waals surface area contributed by atoms with Crippen molar-refractivity contribution in [2.75, 3.05) is 25.4 Å². The number of rotatable bonds is 1. The van der Waals surface area contributed by atoms with Gasteiger partial charge in [0.1, 0.15) is 5.60 Å². The van der Waals surface area contributed by atoms with Gasteiger partial charge in [0.25, 0.3) is 0 Å². The Balaban J connectivity index is 1.61. The lowest BCUT2D eigenvalue weighted by Gasteiger charge is -2.36. The van der Waals surface area contributed by atoms with Gasteiger partial charge in [-0.2, -0.15) is 0 Å². The van der Waals surface area contributed by atoms with E-state index < -0.39 is 20.7 Å². The maximum absolute atomic E-state index is 12.8. The lowest BCUT2D eigenvalue weighted by molar-refractivity contribution is -0.137. The first-order chi connectivity index (χ1) is 11.1. The summed E-state index contributed by atoms with van der Waals surface area (Å²) in [6, 6.07) is -0.176. The highest BCUT2D eigenvalue weighted by Crippen LogP contribution is 2.35. The number of hydrogen-bond acceptors (Lipinski definition) is 5. The number of nitrogens with zero attached hydrogens (tertiary/aromatic N) is 2. The fourth-order valence-corrected chi connectivity index (χ4v) is 5.90. The van der Waals surface area contributed by atoms with E-state index in [2.05, 4.69) is 0 Å². The molecule has 3 saturated heterocycles. The molecule has 0 aromatic heterocycles. The van der Waals surface area contributed by atoms with Crippen LogP contribution in [-0.2, 0) is 19.4 Å². The van der Waals surface area contributed by atoms with E-state index in [-0.39, 0.29) is 29.7 Å². The van der Waals surface area contributed by atoms with Crippen LogP contribution in [0.3, 0.4) is 0 Å². The van der Waals surface area contributed by atoms with Crippen molar-refractivity contribution in [1.29, 1.82) is 0 Å². The summed E-state index contributed by atoms with van der Waals surface area (Å²) in [5.74, 6) is -0.176. The molecule has 0 aliphatic carbocycles. The summed E-state index contributed by atoms with van der Waals surface area (Å²) in [4.78, 5) is 28.4. The van der Waals surface area contributed by atoms with Gasteiger partial charge in [0.15, 0.2) is 9.84 Å². The molecule has 24 heavy (non-hydrogen) atoms. The molecule has 3 fully saturated rings. The molecule has 0 saturated carbocycles. The van der Waals surface area contributed by atoms with E-state index in [4.69, 9.17) is 4.74 Å². The molecule has 3 unspecified atom stereocenters. The number of carbonyl (C=O) groups is 2. The molecule has 3 aliphatic heterocycles. The Hall–Kier alpha value is -1.31. The van der Waals surface area contributed by atoms with Crippen LogP contribution in [0.5, 0.6) is 0 Å². The van der Waals surface area contributed by atoms with Crippen LogP contribution in [0.2, 0.25) is 0 Å². The number of hydrogen-bond donors (Lipinski definition) is 0. The quantitative estimate of drug-likeness (QED) is 0.699. The molecular formula is C16H26N2O5S. The Kier molecular flexibility index (Phi) is 4.30. The topological polar surface area (TPSA) is 84.0 Å². The average molecular weight is 358 g/mol. The van der Waals surface area contributed by atoms with E-state index >= 15 is 0 Å². The zero-order chi connectivity index (χ0) is 17.7. The highest BCUT2D eigenvalue weighted by atomic mass is 32.2. The second kappa shape index (κ2) is 5.89. The largest absolute Gasteiger partial charge is 0.444 e. The molecule has 0 spiro atoms. The fraction of sp³-hybridized carbons (Fsp3) is 0.875. The van der Waals surface area contributed by atoms with Gasteiger partial charge in [-0.15, -0.1) is 0 Å². The first kappa shape index (κ1) is 17.5. The van der Waals surface area contributed by atoms with Gasteiger partial charge in [-0.25, -0.2) is 13.2 Å². The Morgan fingerprint density at radius 1 is 1.17 bits per heavy atom. The van der Waals surface area contributed by atoms with Gasteiger partial charge in [-0.05, 0) is 40.0 Å². The van der Waals surface area contributed by atoms with Crippen LogP contribution in [0.15, 0.2) is 0 Å². The monoisotopic (exact) mass is 358 g/mol. The van der Waals surface area contributed by atoms with E-state index in [0.29, 0.717) is 26.1 Å². The fourth-order valence-electron chi connectivity index (χ4n) is 3.87. The van der Waals surface area contributed by atoms with Crippen molar-refractivity contribution in [2.24, 2.45) is 5.92 Å². The third kappa shape index (κ3) is 3.38. The summed E-state index contributed by atoms with van der Waals surface area (Å²) >= 11 is 0. The first-order valence-electron chi connectivity index (χ1n) is 8.57. The summed E-state index contributed by atoms with van der Waals surface area (Å²) in [6.07, 6.45) is 1.68. The van der Waals surface area contributed by atoms with E-state index in [1.165, 1.54) is 0 Å². The average Bonchev–Trinajstić information content (AvgIpc) is 3.00. The third-order valence-corrected chi connectivity index (χ3v) is 7.22. The Labute approximate surface area is 143 Å². The van der Waals surface area contributed by atoms with Crippen molar-refractivity contribution >= 4 is 21.8 Å². The normalized spacial score (nSPS) is 32.0. The lowest BCUT2D eigenvalue weighted by atomic mass is 9.96. The number of fused-ring (bicyclic) bond motifs is 2. The molecule has 2 amide bonds. The Morgan fingerprint density at radius 3 is 2.42 bits per heavy atom. The lowest BCUT2D eigenvalue weighted by Crippen LogP contribution is -2.51. The van der Waals surface area contributed by atoms with Gasteiger partial charge in [-0.3, -0.25) is 4.79 Å². The predicted molar refractivity (Wildman–Crippen MR) is 88.2 cm³/mol. The summed E-state index contributed by atoms with van der Waals surface area (Å²) in [5.41, 5.74) is -0.559. The van der Waals surface area contributed by atoms with Gasteiger partial charge >= 0.3 is 6.09 Å². The second-order valence-corrected chi connectivity index (χ2v) is 10.4. The zero-order valence-electron chi connectivity index (χ0n) is 14.5. The molecule has 3 heterocycles. The molecule has 0 aromatic carbocycles. The molecule has 8 heteroatoms. The zero-order valence-corrected chi connectivity index (χ0v) is 15.3. The minimum Gasteiger partial charge on any atom is -0.444 e. The number of piperidine rings is 1. The van der Waals surface area contributed by atoms with E-state index in [9.17, 15) is 18.0 Å².